The van der Waals surface area contributed by atoms with Crippen LogP contribution in [0.2, 0.25) is 0 Å². The molecule has 0 radical (unpaired) electrons. The molecule has 1 unspecified atom stereocenters. The number of aliphatic hydroxyl groups is 1. The highest BCUT2D eigenvalue weighted by Crippen LogP contribution is 2.18. The van der Waals surface area contributed by atoms with Crippen molar-refractivity contribution in [2.24, 2.45) is 0 Å². The molecule has 0 aliphatic rings. The van der Waals surface area contributed by atoms with E-state index in [-0.39, 0.29) is 5.92 Å². The Bertz CT molecular complexity index is 281. The Hall–Kier alpha value is -1.35. The van der Waals surface area contributed by atoms with Gasteiger partial charge in [-0.15, -0.1) is 0 Å². The Morgan fingerprint density at radius 2 is 1.85 bits per heavy atom. The normalized spacial score (nSPS) is 14.9. The zero-order valence-electron chi connectivity index (χ0n) is 7.34. The first-order valence-corrected chi connectivity index (χ1v) is 4.08. The van der Waals surface area contributed by atoms with Crippen molar-refractivity contribution in [3.63, 3.8) is 0 Å². The summed E-state index contributed by atoms with van der Waals surface area (Å²) in [5.41, 5.74) is 0.831. The van der Waals surface area contributed by atoms with Crippen LogP contribution < -0.4 is 0 Å². The highest BCUT2D eigenvalue weighted by Gasteiger charge is 2.22. The molecule has 3 heteroatoms. The summed E-state index contributed by atoms with van der Waals surface area (Å²) in [7, 11) is 0. The van der Waals surface area contributed by atoms with Crippen molar-refractivity contribution in [3.8, 4) is 0 Å². The summed E-state index contributed by atoms with van der Waals surface area (Å²) >= 11 is 0. The molecule has 0 spiro atoms. The van der Waals surface area contributed by atoms with Crippen LogP contribution in [-0.2, 0) is 4.79 Å². The summed E-state index contributed by atoms with van der Waals surface area (Å²) in [6.45, 7) is 1.69. The molecule has 1 rings (SSSR count). The lowest BCUT2D eigenvalue weighted by Crippen LogP contribution is -2.25. The quantitative estimate of drug-likeness (QED) is 0.735. The SMILES string of the molecule is CC(c1ccccc1)[C@@H](O)C(=O)O. The van der Waals surface area contributed by atoms with Crippen LogP contribution in [0.25, 0.3) is 0 Å². The first kappa shape index (κ1) is 9.74. The summed E-state index contributed by atoms with van der Waals surface area (Å²) in [5, 5.41) is 17.8. The molecule has 0 saturated carbocycles. The molecule has 2 atom stereocenters. The molecule has 1 aromatic rings. The van der Waals surface area contributed by atoms with Gasteiger partial charge in [-0.2, -0.15) is 0 Å². The number of aliphatic hydroxyl groups excluding tert-OH is 1. The first-order chi connectivity index (χ1) is 6.13. The zero-order valence-corrected chi connectivity index (χ0v) is 7.34. The lowest BCUT2D eigenvalue weighted by atomic mass is 9.96. The van der Waals surface area contributed by atoms with E-state index in [0.29, 0.717) is 0 Å². The third-order valence-corrected chi connectivity index (χ3v) is 2.05. The minimum Gasteiger partial charge on any atom is -0.479 e. The van der Waals surface area contributed by atoms with E-state index in [9.17, 15) is 9.90 Å². The molecular formula is C10H12O3. The highest BCUT2D eigenvalue weighted by atomic mass is 16.4. The van der Waals surface area contributed by atoms with Crippen molar-refractivity contribution in [3.05, 3.63) is 35.9 Å². The van der Waals surface area contributed by atoms with Gasteiger partial charge in [0.25, 0.3) is 0 Å². The van der Waals surface area contributed by atoms with E-state index < -0.39 is 12.1 Å². The molecule has 0 fully saturated rings. The van der Waals surface area contributed by atoms with Crippen LogP contribution in [0.5, 0.6) is 0 Å². The van der Waals surface area contributed by atoms with Crippen LogP contribution in [-0.4, -0.2) is 22.3 Å². The molecular weight excluding hydrogens is 168 g/mol. The van der Waals surface area contributed by atoms with E-state index in [4.69, 9.17) is 5.11 Å². The van der Waals surface area contributed by atoms with Crippen LogP contribution in [0.4, 0.5) is 0 Å². The number of rotatable bonds is 3. The fraction of sp³-hybridized carbons (Fsp3) is 0.300. The van der Waals surface area contributed by atoms with Gasteiger partial charge in [-0.1, -0.05) is 37.3 Å². The van der Waals surface area contributed by atoms with Gasteiger partial charge in [0.1, 0.15) is 0 Å². The van der Waals surface area contributed by atoms with Gasteiger partial charge in [0.05, 0.1) is 0 Å². The van der Waals surface area contributed by atoms with Crippen LogP contribution in [0.15, 0.2) is 30.3 Å². The van der Waals surface area contributed by atoms with Crippen molar-refractivity contribution in [2.45, 2.75) is 18.9 Å². The number of hydrogen-bond donors (Lipinski definition) is 2. The molecule has 0 saturated heterocycles. The highest BCUT2D eigenvalue weighted by molar-refractivity contribution is 5.73. The van der Waals surface area contributed by atoms with Crippen LogP contribution in [0.1, 0.15) is 18.4 Å². The van der Waals surface area contributed by atoms with Crippen LogP contribution in [0, 0.1) is 0 Å². The van der Waals surface area contributed by atoms with Gasteiger partial charge in [0.2, 0.25) is 0 Å². The van der Waals surface area contributed by atoms with Crippen LogP contribution in [0.3, 0.4) is 0 Å². The maximum Gasteiger partial charge on any atom is 0.333 e. The third-order valence-electron chi connectivity index (χ3n) is 2.05. The second-order valence-corrected chi connectivity index (χ2v) is 2.98. The van der Waals surface area contributed by atoms with E-state index in [0.717, 1.165) is 5.56 Å². The summed E-state index contributed by atoms with van der Waals surface area (Å²) in [5.74, 6) is -1.56. The van der Waals surface area contributed by atoms with E-state index in [1.807, 2.05) is 18.2 Å². The third kappa shape index (κ3) is 2.29. The van der Waals surface area contributed by atoms with Crippen molar-refractivity contribution < 1.29 is 15.0 Å². The molecule has 0 aliphatic heterocycles. The van der Waals surface area contributed by atoms with Gasteiger partial charge in [0, 0.05) is 5.92 Å². The lowest BCUT2D eigenvalue weighted by Gasteiger charge is -2.14. The standard InChI is InChI=1S/C10H12O3/c1-7(9(11)10(12)13)8-5-3-2-4-6-8/h2-7,9,11H,1H3,(H,12,13)/t7?,9-/m1/s1. The number of hydrogen-bond acceptors (Lipinski definition) is 2. The Morgan fingerprint density at radius 1 is 1.31 bits per heavy atom. The van der Waals surface area contributed by atoms with Gasteiger partial charge in [-0.25, -0.2) is 4.79 Å². The number of carboxylic acid groups (broad SMARTS) is 1. The Morgan fingerprint density at radius 3 is 2.31 bits per heavy atom. The smallest absolute Gasteiger partial charge is 0.333 e. The number of carbonyl (C=O) groups is 1. The molecule has 0 amide bonds. The topological polar surface area (TPSA) is 57.5 Å². The van der Waals surface area contributed by atoms with Crippen molar-refractivity contribution >= 4 is 5.97 Å². The second-order valence-electron chi connectivity index (χ2n) is 2.98. The maximum atomic E-state index is 10.5. The van der Waals surface area contributed by atoms with Gasteiger partial charge in [0.15, 0.2) is 6.10 Å². The molecule has 1 aromatic carbocycles. The van der Waals surface area contributed by atoms with Crippen molar-refractivity contribution in [1.29, 1.82) is 0 Å². The fourth-order valence-corrected chi connectivity index (χ4v) is 1.15. The minimum atomic E-state index is -1.33. The van der Waals surface area contributed by atoms with E-state index in [1.165, 1.54) is 0 Å². The first-order valence-electron chi connectivity index (χ1n) is 4.08. The molecule has 13 heavy (non-hydrogen) atoms. The molecule has 0 heterocycles. The van der Waals surface area contributed by atoms with E-state index in [2.05, 4.69) is 0 Å². The van der Waals surface area contributed by atoms with Gasteiger partial charge < -0.3 is 10.2 Å². The Labute approximate surface area is 76.6 Å². The van der Waals surface area contributed by atoms with Crippen molar-refractivity contribution in [2.75, 3.05) is 0 Å². The van der Waals surface area contributed by atoms with E-state index >= 15 is 0 Å². The number of carboxylic acids is 1. The summed E-state index contributed by atoms with van der Waals surface area (Å²) < 4.78 is 0. The molecule has 3 nitrogen and oxygen atoms in total. The van der Waals surface area contributed by atoms with Gasteiger partial charge >= 0.3 is 5.97 Å². The van der Waals surface area contributed by atoms with E-state index in [1.54, 1.807) is 19.1 Å². The summed E-state index contributed by atoms with van der Waals surface area (Å²) in [6.07, 6.45) is -1.33. The molecule has 70 valence electrons. The zero-order chi connectivity index (χ0) is 9.84. The molecule has 0 aromatic heterocycles. The van der Waals surface area contributed by atoms with Crippen molar-refractivity contribution in [1.82, 2.24) is 0 Å². The van der Waals surface area contributed by atoms with Gasteiger partial charge in [-0.05, 0) is 5.56 Å². The van der Waals surface area contributed by atoms with Crippen LogP contribution >= 0.6 is 0 Å². The molecule has 2 N–H and O–H groups in total. The summed E-state index contributed by atoms with van der Waals surface area (Å²) in [6, 6.07) is 9.10. The minimum absolute atomic E-state index is 0.376. The number of aliphatic carboxylic acids is 1. The average molecular weight is 180 g/mol. The van der Waals surface area contributed by atoms with Gasteiger partial charge in [-0.3, -0.25) is 0 Å². The predicted molar refractivity (Wildman–Crippen MR) is 48.5 cm³/mol. The largest absolute Gasteiger partial charge is 0.479 e. The summed E-state index contributed by atoms with van der Waals surface area (Å²) in [4.78, 5) is 10.5. The number of benzene rings is 1. The lowest BCUT2D eigenvalue weighted by molar-refractivity contribution is -0.147. The Kier molecular flexibility index (Phi) is 3.03. The molecule has 0 bridgehead atoms. The monoisotopic (exact) mass is 180 g/mol. The predicted octanol–water partition coefficient (Wildman–Crippen LogP) is 1.24. The Balaban J connectivity index is 2.79. The fourth-order valence-electron chi connectivity index (χ4n) is 1.15. The average Bonchev–Trinajstić information content (AvgIpc) is 2.17. The molecule has 0 aliphatic carbocycles. The second kappa shape index (κ2) is 4.05. The maximum absolute atomic E-state index is 10.5.